The van der Waals surface area contributed by atoms with Crippen molar-refractivity contribution >= 4 is 29.5 Å². The monoisotopic (exact) mass is 536 g/mol. The molecule has 0 aliphatic carbocycles. The van der Waals surface area contributed by atoms with Crippen LogP contribution in [-0.2, 0) is 39.8 Å². The van der Waals surface area contributed by atoms with Crippen molar-refractivity contribution in [1.29, 1.82) is 0 Å². The fourth-order valence-electron chi connectivity index (χ4n) is 3.90. The molecule has 0 spiro atoms. The summed E-state index contributed by atoms with van der Waals surface area (Å²) in [6, 6.07) is 7.11. The molecule has 212 valence electrons. The molecule has 13 heteroatoms. The molecule has 0 aromatic heterocycles. The van der Waals surface area contributed by atoms with Gasteiger partial charge in [0, 0.05) is 58.0 Å². The Hall–Kier alpha value is -3.26. The van der Waals surface area contributed by atoms with Crippen LogP contribution in [0, 0.1) is 0 Å². The molecule has 1 aliphatic heterocycles. The summed E-state index contributed by atoms with van der Waals surface area (Å²) in [7, 11) is 4.01. The van der Waals surface area contributed by atoms with E-state index < -0.39 is 0 Å². The van der Waals surface area contributed by atoms with Gasteiger partial charge in [0.15, 0.2) is 0 Å². The van der Waals surface area contributed by atoms with Gasteiger partial charge in [0.25, 0.3) is 0 Å². The second-order valence-corrected chi connectivity index (χ2v) is 9.00. The molecular formula is C25H40N6O7. The Kier molecular flexibility index (Phi) is 13.5. The highest BCUT2D eigenvalue weighted by atomic mass is 16.5. The molecule has 0 unspecified atom stereocenters. The lowest BCUT2D eigenvalue weighted by molar-refractivity contribution is -0.144. The van der Waals surface area contributed by atoms with Crippen LogP contribution in [0.4, 0.5) is 5.69 Å². The van der Waals surface area contributed by atoms with Crippen LogP contribution in [0.15, 0.2) is 24.3 Å². The fourth-order valence-corrected chi connectivity index (χ4v) is 3.90. The quantitative estimate of drug-likeness (QED) is 0.217. The molecule has 3 N–H and O–H groups in total. The minimum atomic E-state index is -0.375. The maximum atomic E-state index is 12.8. The number of hydrogen-bond acceptors (Lipinski definition) is 12. The largest absolute Gasteiger partial charge is 0.468 e. The molecule has 1 heterocycles. The molecule has 1 saturated heterocycles. The second-order valence-electron chi connectivity index (χ2n) is 9.00. The molecule has 0 saturated carbocycles. The molecule has 2 rings (SSSR count). The van der Waals surface area contributed by atoms with E-state index >= 15 is 0 Å². The summed E-state index contributed by atoms with van der Waals surface area (Å²) < 4.78 is 14.5. The van der Waals surface area contributed by atoms with Crippen molar-refractivity contribution < 1.29 is 33.4 Å². The van der Waals surface area contributed by atoms with Crippen LogP contribution in [-0.4, -0.2) is 137 Å². The van der Waals surface area contributed by atoms with Crippen LogP contribution in [0.5, 0.6) is 0 Å². The maximum Gasteiger partial charge on any atom is 0.319 e. The van der Waals surface area contributed by atoms with Crippen molar-refractivity contribution in [2.45, 2.75) is 6.42 Å². The molecule has 0 bridgehead atoms. The number of esters is 3. The predicted molar refractivity (Wildman–Crippen MR) is 140 cm³/mol. The molecule has 1 aliphatic rings. The van der Waals surface area contributed by atoms with Gasteiger partial charge in [0.1, 0.15) is 0 Å². The second kappa shape index (κ2) is 16.6. The first-order valence-corrected chi connectivity index (χ1v) is 12.5. The van der Waals surface area contributed by atoms with Gasteiger partial charge in [-0.15, -0.1) is 0 Å². The first-order chi connectivity index (χ1) is 18.2. The number of hydrazine groups is 1. The molecule has 0 radical (unpaired) electrons. The lowest BCUT2D eigenvalue weighted by atomic mass is 10.1. The van der Waals surface area contributed by atoms with Gasteiger partial charge in [-0.05, 0) is 17.7 Å². The van der Waals surface area contributed by atoms with E-state index in [0.29, 0.717) is 58.0 Å². The minimum absolute atomic E-state index is 0.0737. The average Bonchev–Trinajstić information content (AvgIpc) is 2.90. The lowest BCUT2D eigenvalue weighted by Gasteiger charge is -2.33. The number of nitrogens with zero attached hydrogens (tertiary/aromatic N) is 4. The molecule has 0 atom stereocenters. The first kappa shape index (κ1) is 31.0. The van der Waals surface area contributed by atoms with Gasteiger partial charge >= 0.3 is 17.9 Å². The van der Waals surface area contributed by atoms with E-state index in [1.54, 1.807) is 17.1 Å². The molecule has 1 aromatic rings. The average molecular weight is 537 g/mol. The van der Waals surface area contributed by atoms with Crippen molar-refractivity contribution in [2.75, 3.05) is 99.1 Å². The number of methoxy groups -OCH3 is 3. The summed E-state index contributed by atoms with van der Waals surface area (Å²) in [4.78, 5) is 54.6. The molecule has 1 amide bonds. The highest BCUT2D eigenvalue weighted by Crippen LogP contribution is 2.07. The van der Waals surface area contributed by atoms with Gasteiger partial charge in [-0.2, -0.15) is 0 Å². The minimum Gasteiger partial charge on any atom is -0.468 e. The molecule has 1 aromatic carbocycles. The highest BCUT2D eigenvalue weighted by molar-refractivity contribution is 5.78. The molecule has 38 heavy (non-hydrogen) atoms. The summed E-state index contributed by atoms with van der Waals surface area (Å²) >= 11 is 0. The maximum absolute atomic E-state index is 12.8. The Balaban J connectivity index is 2.16. The molecule has 13 nitrogen and oxygen atoms in total. The van der Waals surface area contributed by atoms with Crippen LogP contribution in [0.2, 0.25) is 0 Å². The number of anilines is 1. The van der Waals surface area contributed by atoms with E-state index in [1.807, 2.05) is 26.8 Å². The number of nitrogens with one attached hydrogen (secondary N) is 1. The SMILES string of the molecule is COC(=O)CN1CCN(CC(=O)OC)CCN(NC(=O)Cc2ccc(N)cc2)CCN(CC(=O)OC)CC1. The number of ether oxygens (including phenoxy) is 3. The third kappa shape index (κ3) is 11.9. The van der Waals surface area contributed by atoms with Gasteiger partial charge in [-0.25, -0.2) is 5.01 Å². The van der Waals surface area contributed by atoms with Crippen molar-refractivity contribution in [2.24, 2.45) is 0 Å². The smallest absolute Gasteiger partial charge is 0.319 e. The zero-order valence-electron chi connectivity index (χ0n) is 22.5. The van der Waals surface area contributed by atoms with E-state index in [9.17, 15) is 19.2 Å². The zero-order chi connectivity index (χ0) is 27.9. The lowest BCUT2D eigenvalue weighted by Crippen LogP contribution is -2.52. The summed E-state index contributed by atoms with van der Waals surface area (Å²) in [6.07, 6.45) is 0.178. The Morgan fingerprint density at radius 1 is 0.684 bits per heavy atom. The summed E-state index contributed by atoms with van der Waals surface area (Å²) in [5.41, 5.74) is 10.1. The Bertz CT molecular complexity index is 880. The number of nitrogen functional groups attached to an aromatic ring is 1. The van der Waals surface area contributed by atoms with Gasteiger partial charge < -0.3 is 19.9 Å². The predicted octanol–water partition coefficient (Wildman–Crippen LogP) is -1.42. The van der Waals surface area contributed by atoms with Gasteiger partial charge in [-0.3, -0.25) is 39.3 Å². The fraction of sp³-hybridized carbons (Fsp3) is 0.600. The van der Waals surface area contributed by atoms with Crippen molar-refractivity contribution in [3.8, 4) is 0 Å². The third-order valence-corrected chi connectivity index (χ3v) is 6.21. The molecular weight excluding hydrogens is 496 g/mol. The Morgan fingerprint density at radius 2 is 1.05 bits per heavy atom. The number of carbonyl (C=O) groups is 4. The van der Waals surface area contributed by atoms with Gasteiger partial charge in [-0.1, -0.05) is 12.1 Å². The van der Waals surface area contributed by atoms with Crippen LogP contribution in [0.1, 0.15) is 5.56 Å². The summed E-state index contributed by atoms with van der Waals surface area (Å²) in [6.45, 7) is 3.94. The number of rotatable bonds is 9. The van der Waals surface area contributed by atoms with Crippen molar-refractivity contribution in [3.05, 3.63) is 29.8 Å². The van der Waals surface area contributed by atoms with E-state index in [1.165, 1.54) is 21.3 Å². The Morgan fingerprint density at radius 3 is 1.42 bits per heavy atom. The number of hydrogen-bond donors (Lipinski definition) is 2. The third-order valence-electron chi connectivity index (χ3n) is 6.21. The van der Waals surface area contributed by atoms with Crippen LogP contribution < -0.4 is 11.2 Å². The zero-order valence-corrected chi connectivity index (χ0v) is 22.5. The summed E-state index contributed by atoms with van der Waals surface area (Å²) in [5, 5.41) is 1.79. The topological polar surface area (TPSA) is 147 Å². The van der Waals surface area contributed by atoms with E-state index in [-0.39, 0.29) is 49.9 Å². The highest BCUT2D eigenvalue weighted by Gasteiger charge is 2.21. The van der Waals surface area contributed by atoms with Crippen LogP contribution >= 0.6 is 0 Å². The number of benzene rings is 1. The molecule has 1 fully saturated rings. The number of carbonyl (C=O) groups excluding carboxylic acids is 4. The van der Waals surface area contributed by atoms with E-state index in [4.69, 9.17) is 19.9 Å². The van der Waals surface area contributed by atoms with E-state index in [2.05, 4.69) is 5.43 Å². The van der Waals surface area contributed by atoms with Crippen molar-refractivity contribution in [1.82, 2.24) is 25.1 Å². The number of nitrogens with two attached hydrogens (primary N) is 1. The summed E-state index contributed by atoms with van der Waals surface area (Å²) in [5.74, 6) is -1.31. The standard InChI is InChI=1S/C25H40N6O7/c1-36-23(33)17-28-8-10-29(18-24(34)37-2)12-14-31(15-13-30(11-9-28)19-25(35)38-3)27-22(32)16-20-4-6-21(26)7-5-20/h4-7H,8-19,26H2,1-3H3,(H,27,32). The van der Waals surface area contributed by atoms with Gasteiger partial charge in [0.05, 0.1) is 47.4 Å². The first-order valence-electron chi connectivity index (χ1n) is 12.5. The van der Waals surface area contributed by atoms with E-state index in [0.717, 1.165) is 5.56 Å². The van der Waals surface area contributed by atoms with Crippen molar-refractivity contribution in [3.63, 3.8) is 0 Å². The normalized spacial score (nSPS) is 17.0. The van der Waals surface area contributed by atoms with Crippen LogP contribution in [0.3, 0.4) is 0 Å². The number of amides is 1. The Labute approximate surface area is 223 Å². The van der Waals surface area contributed by atoms with Crippen LogP contribution in [0.25, 0.3) is 0 Å². The van der Waals surface area contributed by atoms with Gasteiger partial charge in [0.2, 0.25) is 5.91 Å².